The average Bonchev–Trinajstić information content (AvgIpc) is 3.24. The highest BCUT2D eigenvalue weighted by Crippen LogP contribution is 2.33. The van der Waals surface area contributed by atoms with Gasteiger partial charge < -0.3 is 9.88 Å². The quantitative estimate of drug-likeness (QED) is 0.478. The highest BCUT2D eigenvalue weighted by atomic mass is 32.2. The number of nitrogens with one attached hydrogen (secondary N) is 1. The molecule has 4 rings (SSSR count). The molecule has 8 heteroatoms. The zero-order valence-corrected chi connectivity index (χ0v) is 19.9. The Kier molecular flexibility index (Phi) is 6.70. The van der Waals surface area contributed by atoms with Gasteiger partial charge in [0.1, 0.15) is 12.4 Å². The molecular weight excluding hydrogens is 453 g/mol. The van der Waals surface area contributed by atoms with Crippen LogP contribution in [0.4, 0.5) is 14.9 Å². The van der Waals surface area contributed by atoms with Gasteiger partial charge in [0, 0.05) is 22.8 Å². The molecule has 3 amide bonds. The molecule has 2 heterocycles. The number of imide groups is 1. The summed E-state index contributed by atoms with van der Waals surface area (Å²) >= 11 is 0.811. The summed E-state index contributed by atoms with van der Waals surface area (Å²) in [4.78, 5) is 38.8. The molecule has 6 nitrogen and oxygen atoms in total. The fourth-order valence-electron chi connectivity index (χ4n) is 3.87. The van der Waals surface area contributed by atoms with E-state index in [9.17, 15) is 18.8 Å². The number of nitrogens with zero attached hydrogens (tertiary/aromatic N) is 2. The molecule has 1 fully saturated rings. The van der Waals surface area contributed by atoms with Crippen molar-refractivity contribution in [3.8, 4) is 5.69 Å². The van der Waals surface area contributed by atoms with E-state index in [4.69, 9.17) is 0 Å². The molecule has 0 atom stereocenters. The Balaban J connectivity index is 1.51. The van der Waals surface area contributed by atoms with E-state index in [1.165, 1.54) is 29.8 Å². The number of hydrogen-bond donors (Lipinski definition) is 1. The van der Waals surface area contributed by atoms with Crippen LogP contribution in [0.15, 0.2) is 59.5 Å². The van der Waals surface area contributed by atoms with E-state index in [0.717, 1.165) is 45.7 Å². The minimum absolute atomic E-state index is 0.265. The van der Waals surface area contributed by atoms with E-state index < -0.39 is 29.4 Å². The van der Waals surface area contributed by atoms with Crippen LogP contribution in [-0.2, 0) is 16.0 Å². The summed E-state index contributed by atoms with van der Waals surface area (Å²) in [5.74, 6) is -1.48. The lowest BCUT2D eigenvalue weighted by atomic mass is 10.1. The average molecular weight is 478 g/mol. The first-order chi connectivity index (χ1) is 16.3. The summed E-state index contributed by atoms with van der Waals surface area (Å²) in [5, 5.41) is 2.06. The minimum Gasteiger partial charge on any atom is -0.325 e. The van der Waals surface area contributed by atoms with Gasteiger partial charge in [0.05, 0.1) is 4.91 Å². The molecule has 1 aliphatic rings. The fraction of sp³-hybridized carbons (Fsp3) is 0.192. The number of halogens is 1. The molecule has 34 heavy (non-hydrogen) atoms. The zero-order valence-electron chi connectivity index (χ0n) is 19.1. The molecule has 3 aromatic rings. The van der Waals surface area contributed by atoms with Crippen molar-refractivity contribution in [3.63, 3.8) is 0 Å². The molecule has 0 unspecified atom stereocenters. The number of hydrogen-bond acceptors (Lipinski definition) is 4. The van der Waals surface area contributed by atoms with Gasteiger partial charge in [-0.05, 0) is 91.7 Å². The second-order valence-corrected chi connectivity index (χ2v) is 9.00. The third-order valence-corrected chi connectivity index (χ3v) is 6.57. The van der Waals surface area contributed by atoms with Gasteiger partial charge in [-0.1, -0.05) is 19.1 Å². The topological polar surface area (TPSA) is 71.4 Å². The molecule has 174 valence electrons. The second-order valence-electron chi connectivity index (χ2n) is 8.00. The van der Waals surface area contributed by atoms with Crippen molar-refractivity contribution in [2.75, 3.05) is 11.9 Å². The van der Waals surface area contributed by atoms with Gasteiger partial charge in [-0.3, -0.25) is 19.3 Å². The van der Waals surface area contributed by atoms with Crippen molar-refractivity contribution in [2.24, 2.45) is 0 Å². The van der Waals surface area contributed by atoms with Crippen LogP contribution < -0.4 is 5.32 Å². The first-order valence-electron chi connectivity index (χ1n) is 10.9. The maximum absolute atomic E-state index is 13.0. The Morgan fingerprint density at radius 3 is 2.38 bits per heavy atom. The van der Waals surface area contributed by atoms with E-state index in [1.54, 1.807) is 6.08 Å². The highest BCUT2D eigenvalue weighted by molar-refractivity contribution is 8.18. The van der Waals surface area contributed by atoms with Crippen LogP contribution in [-0.4, -0.2) is 33.1 Å². The van der Waals surface area contributed by atoms with E-state index >= 15 is 0 Å². The standard InChI is InChI=1S/C26H24FN3O3S/c1-4-18-5-11-22(12-6-18)30-16(2)13-19(17(30)3)14-23-25(32)29(26(33)34-23)15-24(31)28-21-9-7-20(27)8-10-21/h5-14H,4,15H2,1-3H3,(H,28,31)/b23-14-. The predicted octanol–water partition coefficient (Wildman–Crippen LogP) is 5.47. The third-order valence-electron chi connectivity index (χ3n) is 5.66. The van der Waals surface area contributed by atoms with Crippen molar-refractivity contribution in [1.29, 1.82) is 0 Å². The van der Waals surface area contributed by atoms with Gasteiger partial charge in [0.25, 0.3) is 11.1 Å². The largest absolute Gasteiger partial charge is 0.325 e. The molecule has 0 radical (unpaired) electrons. The third kappa shape index (κ3) is 4.82. The minimum atomic E-state index is -0.538. The van der Waals surface area contributed by atoms with Crippen molar-refractivity contribution in [2.45, 2.75) is 27.2 Å². The zero-order chi connectivity index (χ0) is 24.4. The van der Waals surface area contributed by atoms with Crippen molar-refractivity contribution in [1.82, 2.24) is 9.47 Å². The number of rotatable bonds is 6. The number of carbonyl (C=O) groups excluding carboxylic acids is 3. The van der Waals surface area contributed by atoms with Crippen LogP contribution >= 0.6 is 11.8 Å². The first kappa shape index (κ1) is 23.5. The van der Waals surface area contributed by atoms with Crippen molar-refractivity contribution >= 4 is 40.6 Å². The van der Waals surface area contributed by atoms with Gasteiger partial charge in [-0.25, -0.2) is 4.39 Å². The summed E-state index contributed by atoms with van der Waals surface area (Å²) in [6, 6.07) is 15.5. The fourth-order valence-corrected chi connectivity index (χ4v) is 4.70. The Morgan fingerprint density at radius 1 is 1.06 bits per heavy atom. The SMILES string of the molecule is CCc1ccc(-n2c(C)cc(/C=C3\SC(=O)N(CC(=O)Nc4ccc(F)cc4)C3=O)c2C)cc1. The number of amides is 3. The van der Waals surface area contributed by atoms with Crippen LogP contribution in [0.5, 0.6) is 0 Å². The molecule has 1 saturated heterocycles. The number of benzene rings is 2. The Hall–Kier alpha value is -3.65. The van der Waals surface area contributed by atoms with E-state index in [1.807, 2.05) is 19.9 Å². The smallest absolute Gasteiger partial charge is 0.294 e. The molecule has 2 aromatic carbocycles. The summed E-state index contributed by atoms with van der Waals surface area (Å²) < 4.78 is 15.1. The van der Waals surface area contributed by atoms with E-state index in [0.29, 0.717) is 5.69 Å². The lowest BCUT2D eigenvalue weighted by Gasteiger charge is -2.12. The number of aryl methyl sites for hydroxylation is 2. The van der Waals surface area contributed by atoms with Gasteiger partial charge in [-0.15, -0.1) is 0 Å². The van der Waals surface area contributed by atoms with Crippen molar-refractivity contribution in [3.05, 3.63) is 87.8 Å². The lowest BCUT2D eigenvalue weighted by molar-refractivity contribution is -0.127. The number of thioether (sulfide) groups is 1. The van der Waals surface area contributed by atoms with Gasteiger partial charge in [-0.2, -0.15) is 0 Å². The van der Waals surface area contributed by atoms with Crippen LogP contribution in [0.1, 0.15) is 29.4 Å². The maximum atomic E-state index is 13.0. The normalized spacial score (nSPS) is 14.8. The monoisotopic (exact) mass is 477 g/mol. The van der Waals surface area contributed by atoms with Gasteiger partial charge in [0.15, 0.2) is 0 Å². The summed E-state index contributed by atoms with van der Waals surface area (Å²) in [6.07, 6.45) is 2.66. The van der Waals surface area contributed by atoms with Crippen LogP contribution in [0, 0.1) is 19.7 Å². The van der Waals surface area contributed by atoms with Gasteiger partial charge >= 0.3 is 0 Å². The first-order valence-corrected chi connectivity index (χ1v) is 11.7. The van der Waals surface area contributed by atoms with Crippen LogP contribution in [0.25, 0.3) is 11.8 Å². The molecule has 1 aliphatic heterocycles. The maximum Gasteiger partial charge on any atom is 0.294 e. The highest BCUT2D eigenvalue weighted by Gasteiger charge is 2.36. The van der Waals surface area contributed by atoms with Crippen LogP contribution in [0.3, 0.4) is 0 Å². The Bertz CT molecular complexity index is 1290. The molecule has 1 N–H and O–H groups in total. The summed E-state index contributed by atoms with van der Waals surface area (Å²) in [5.41, 5.74) is 5.45. The molecule has 0 aliphatic carbocycles. The predicted molar refractivity (Wildman–Crippen MR) is 132 cm³/mol. The molecule has 0 saturated carbocycles. The Labute approximate surface area is 201 Å². The lowest BCUT2D eigenvalue weighted by Crippen LogP contribution is -2.36. The molecule has 0 spiro atoms. The van der Waals surface area contributed by atoms with E-state index in [2.05, 4.69) is 41.1 Å². The van der Waals surface area contributed by atoms with Crippen molar-refractivity contribution < 1.29 is 18.8 Å². The van der Waals surface area contributed by atoms with E-state index in [-0.39, 0.29) is 4.91 Å². The van der Waals surface area contributed by atoms with Gasteiger partial charge in [0.2, 0.25) is 5.91 Å². The summed E-state index contributed by atoms with van der Waals surface area (Å²) in [7, 11) is 0. The summed E-state index contributed by atoms with van der Waals surface area (Å²) in [6.45, 7) is 5.65. The molecular formula is C26H24FN3O3S. The number of anilines is 1. The number of aromatic nitrogens is 1. The molecule has 1 aromatic heterocycles. The Morgan fingerprint density at radius 2 is 1.74 bits per heavy atom. The second kappa shape index (κ2) is 9.69. The number of carbonyl (C=O) groups is 3. The van der Waals surface area contributed by atoms with Crippen LogP contribution in [0.2, 0.25) is 0 Å². The molecule has 0 bridgehead atoms.